The summed E-state index contributed by atoms with van der Waals surface area (Å²) in [5, 5.41) is 2.96. The zero-order chi connectivity index (χ0) is 13.0. The van der Waals surface area contributed by atoms with Gasteiger partial charge in [-0.3, -0.25) is 9.69 Å². The van der Waals surface area contributed by atoms with Gasteiger partial charge in [0, 0.05) is 38.6 Å². The first-order chi connectivity index (χ1) is 8.65. The van der Waals surface area contributed by atoms with Gasteiger partial charge >= 0.3 is 0 Å². The largest absolute Gasteiger partial charge is 0.352 e. The van der Waals surface area contributed by atoms with Crippen LogP contribution in [-0.2, 0) is 4.79 Å². The number of nitrogens with one attached hydrogen (secondary N) is 1. The van der Waals surface area contributed by atoms with E-state index in [2.05, 4.69) is 22.3 Å². The fourth-order valence-electron chi connectivity index (χ4n) is 2.49. The summed E-state index contributed by atoms with van der Waals surface area (Å²) in [5.41, 5.74) is 7.36. The van der Waals surface area contributed by atoms with Gasteiger partial charge in [-0.1, -0.05) is 30.3 Å². The van der Waals surface area contributed by atoms with Gasteiger partial charge in [0.15, 0.2) is 0 Å². The van der Waals surface area contributed by atoms with Gasteiger partial charge in [-0.2, -0.15) is 0 Å². The molecule has 1 heterocycles. The van der Waals surface area contributed by atoms with E-state index in [1.165, 1.54) is 5.56 Å². The molecule has 1 saturated heterocycles. The van der Waals surface area contributed by atoms with Crippen LogP contribution < -0.4 is 11.1 Å². The van der Waals surface area contributed by atoms with Gasteiger partial charge in [0.1, 0.15) is 0 Å². The molecular formula is C14H21N3O. The third kappa shape index (κ3) is 3.55. The second kappa shape index (κ2) is 5.98. The van der Waals surface area contributed by atoms with E-state index < -0.39 is 0 Å². The highest BCUT2D eigenvalue weighted by atomic mass is 16.1. The number of hydrogen-bond donors (Lipinski definition) is 2. The number of carbonyl (C=O) groups excluding carboxylic acids is 1. The molecule has 0 aliphatic carbocycles. The SMILES string of the molecule is CC(=O)NC1CCN(CC(N)c2ccccc2)C1. The molecule has 3 N–H and O–H groups in total. The highest BCUT2D eigenvalue weighted by molar-refractivity contribution is 5.73. The Bertz CT molecular complexity index is 393. The normalized spacial score (nSPS) is 21.8. The summed E-state index contributed by atoms with van der Waals surface area (Å²) < 4.78 is 0. The minimum atomic E-state index is 0.0438. The molecule has 2 rings (SSSR count). The standard InChI is InChI=1S/C14H21N3O/c1-11(18)16-13-7-8-17(9-13)10-14(15)12-5-3-2-4-6-12/h2-6,13-14H,7-10,15H2,1H3,(H,16,18). The fraction of sp³-hybridized carbons (Fsp3) is 0.500. The van der Waals surface area contributed by atoms with Crippen LogP contribution in [0, 0.1) is 0 Å². The Balaban J connectivity index is 1.83. The minimum absolute atomic E-state index is 0.0438. The van der Waals surface area contributed by atoms with Crippen molar-refractivity contribution < 1.29 is 4.79 Å². The Morgan fingerprint density at radius 2 is 2.22 bits per heavy atom. The lowest BCUT2D eigenvalue weighted by Crippen LogP contribution is -2.37. The van der Waals surface area contributed by atoms with E-state index in [9.17, 15) is 4.79 Å². The van der Waals surface area contributed by atoms with Gasteiger partial charge in [0.2, 0.25) is 5.91 Å². The number of benzene rings is 1. The lowest BCUT2D eigenvalue weighted by molar-refractivity contribution is -0.119. The maximum Gasteiger partial charge on any atom is 0.217 e. The quantitative estimate of drug-likeness (QED) is 0.831. The van der Waals surface area contributed by atoms with Crippen LogP contribution in [0.2, 0.25) is 0 Å². The van der Waals surface area contributed by atoms with Crippen LogP contribution >= 0.6 is 0 Å². The Morgan fingerprint density at radius 1 is 1.50 bits per heavy atom. The van der Waals surface area contributed by atoms with Crippen LogP contribution in [0.15, 0.2) is 30.3 Å². The van der Waals surface area contributed by atoms with Crippen molar-refractivity contribution in [1.29, 1.82) is 0 Å². The van der Waals surface area contributed by atoms with Gasteiger partial charge in [-0.05, 0) is 12.0 Å². The molecule has 4 nitrogen and oxygen atoms in total. The van der Waals surface area contributed by atoms with Crippen molar-refractivity contribution in [2.45, 2.75) is 25.4 Å². The lowest BCUT2D eigenvalue weighted by atomic mass is 10.1. The van der Waals surface area contributed by atoms with Crippen LogP contribution in [-0.4, -0.2) is 36.5 Å². The first-order valence-corrected chi connectivity index (χ1v) is 6.45. The van der Waals surface area contributed by atoms with Crippen molar-refractivity contribution in [3.05, 3.63) is 35.9 Å². The van der Waals surface area contributed by atoms with E-state index in [1.807, 2.05) is 18.2 Å². The van der Waals surface area contributed by atoms with E-state index in [4.69, 9.17) is 5.73 Å². The molecule has 0 aromatic heterocycles. The number of carbonyl (C=O) groups is 1. The number of amides is 1. The molecule has 1 amide bonds. The molecule has 1 aromatic carbocycles. The predicted octanol–water partition coefficient (Wildman–Crippen LogP) is 0.897. The summed E-state index contributed by atoms with van der Waals surface area (Å²) in [6.45, 7) is 4.32. The number of rotatable bonds is 4. The summed E-state index contributed by atoms with van der Waals surface area (Å²) in [5.74, 6) is 0.0502. The second-order valence-electron chi connectivity index (χ2n) is 4.96. The fourth-order valence-corrected chi connectivity index (χ4v) is 2.49. The van der Waals surface area contributed by atoms with Crippen molar-refractivity contribution >= 4 is 5.91 Å². The van der Waals surface area contributed by atoms with Crippen molar-refractivity contribution in [2.24, 2.45) is 5.73 Å². The molecule has 1 aliphatic rings. The summed E-state index contributed by atoms with van der Waals surface area (Å²) in [7, 11) is 0. The van der Waals surface area contributed by atoms with E-state index in [-0.39, 0.29) is 18.0 Å². The van der Waals surface area contributed by atoms with Gasteiger partial charge in [0.05, 0.1) is 0 Å². The van der Waals surface area contributed by atoms with Crippen LogP contribution in [0.3, 0.4) is 0 Å². The number of likely N-dealkylation sites (tertiary alicyclic amines) is 1. The second-order valence-corrected chi connectivity index (χ2v) is 4.96. The smallest absolute Gasteiger partial charge is 0.217 e. The third-order valence-corrected chi connectivity index (χ3v) is 3.36. The molecule has 1 fully saturated rings. The molecule has 0 spiro atoms. The zero-order valence-corrected chi connectivity index (χ0v) is 10.8. The molecule has 18 heavy (non-hydrogen) atoms. The first-order valence-electron chi connectivity index (χ1n) is 6.45. The molecule has 2 unspecified atom stereocenters. The lowest BCUT2D eigenvalue weighted by Gasteiger charge is -2.21. The molecule has 1 aliphatic heterocycles. The van der Waals surface area contributed by atoms with Gasteiger partial charge in [-0.25, -0.2) is 0 Å². The highest BCUT2D eigenvalue weighted by Gasteiger charge is 2.24. The third-order valence-electron chi connectivity index (χ3n) is 3.36. The monoisotopic (exact) mass is 247 g/mol. The Morgan fingerprint density at radius 3 is 2.89 bits per heavy atom. The van der Waals surface area contributed by atoms with Crippen molar-refractivity contribution in [2.75, 3.05) is 19.6 Å². The molecule has 0 radical (unpaired) electrons. The van der Waals surface area contributed by atoms with Crippen LogP contribution in [0.5, 0.6) is 0 Å². The number of hydrogen-bond acceptors (Lipinski definition) is 3. The molecule has 0 saturated carbocycles. The van der Waals surface area contributed by atoms with E-state index >= 15 is 0 Å². The number of nitrogens with zero attached hydrogens (tertiary/aromatic N) is 1. The van der Waals surface area contributed by atoms with E-state index in [0.29, 0.717) is 0 Å². The molecule has 98 valence electrons. The minimum Gasteiger partial charge on any atom is -0.352 e. The summed E-state index contributed by atoms with van der Waals surface area (Å²) in [6.07, 6.45) is 1.01. The Kier molecular flexibility index (Phi) is 4.33. The van der Waals surface area contributed by atoms with Crippen LogP contribution in [0.1, 0.15) is 24.9 Å². The zero-order valence-electron chi connectivity index (χ0n) is 10.8. The molecule has 2 atom stereocenters. The summed E-state index contributed by atoms with van der Waals surface area (Å²) in [4.78, 5) is 13.3. The molecule has 1 aromatic rings. The van der Waals surface area contributed by atoms with Crippen molar-refractivity contribution in [1.82, 2.24) is 10.2 Å². The topological polar surface area (TPSA) is 58.4 Å². The van der Waals surface area contributed by atoms with E-state index in [1.54, 1.807) is 6.92 Å². The summed E-state index contributed by atoms with van der Waals surface area (Å²) in [6, 6.07) is 10.5. The average molecular weight is 247 g/mol. The maximum atomic E-state index is 11.0. The van der Waals surface area contributed by atoms with E-state index in [0.717, 1.165) is 26.1 Å². The molecule has 4 heteroatoms. The van der Waals surface area contributed by atoms with Crippen molar-refractivity contribution in [3.8, 4) is 0 Å². The Labute approximate surface area is 108 Å². The van der Waals surface area contributed by atoms with Gasteiger partial charge in [0.25, 0.3) is 0 Å². The van der Waals surface area contributed by atoms with Gasteiger partial charge < -0.3 is 11.1 Å². The van der Waals surface area contributed by atoms with Crippen LogP contribution in [0.25, 0.3) is 0 Å². The molecule has 0 bridgehead atoms. The Hall–Kier alpha value is -1.39. The van der Waals surface area contributed by atoms with Crippen LogP contribution in [0.4, 0.5) is 0 Å². The summed E-state index contributed by atoms with van der Waals surface area (Å²) >= 11 is 0. The van der Waals surface area contributed by atoms with Gasteiger partial charge in [-0.15, -0.1) is 0 Å². The first kappa shape index (κ1) is 13.1. The molecular weight excluding hydrogens is 226 g/mol. The predicted molar refractivity (Wildman–Crippen MR) is 72.0 cm³/mol. The average Bonchev–Trinajstić information content (AvgIpc) is 2.76. The van der Waals surface area contributed by atoms with Crippen molar-refractivity contribution in [3.63, 3.8) is 0 Å². The maximum absolute atomic E-state index is 11.0. The highest BCUT2D eigenvalue weighted by Crippen LogP contribution is 2.15. The number of nitrogens with two attached hydrogens (primary N) is 1.